The summed E-state index contributed by atoms with van der Waals surface area (Å²) >= 11 is 0. The van der Waals surface area contributed by atoms with Gasteiger partial charge in [0.25, 0.3) is 5.91 Å². The van der Waals surface area contributed by atoms with E-state index < -0.39 is 0 Å². The Labute approximate surface area is 129 Å². The Morgan fingerprint density at radius 3 is 2.50 bits per heavy atom. The first-order valence-corrected chi connectivity index (χ1v) is 7.37. The van der Waals surface area contributed by atoms with E-state index in [9.17, 15) is 9.59 Å². The Balaban J connectivity index is 1.75. The number of carbonyl (C=O) groups is 2. The van der Waals surface area contributed by atoms with Gasteiger partial charge in [0.05, 0.1) is 19.8 Å². The lowest BCUT2D eigenvalue weighted by atomic mass is 10.2. The van der Waals surface area contributed by atoms with Crippen LogP contribution in [0.15, 0.2) is 24.3 Å². The predicted octanol–water partition coefficient (Wildman–Crippen LogP) is -0.354. The number of morpholine rings is 1. The van der Waals surface area contributed by atoms with Crippen molar-refractivity contribution in [2.24, 2.45) is 5.73 Å². The average molecular weight is 306 g/mol. The fraction of sp³-hybridized carbons (Fsp3) is 0.467. The molecule has 2 rings (SSSR count). The van der Waals surface area contributed by atoms with Crippen molar-refractivity contribution in [2.75, 3.05) is 51.3 Å². The van der Waals surface area contributed by atoms with Crippen LogP contribution in [0.2, 0.25) is 0 Å². The summed E-state index contributed by atoms with van der Waals surface area (Å²) < 4.78 is 5.28. The van der Waals surface area contributed by atoms with Crippen LogP contribution < -0.4 is 16.4 Å². The second-order valence-corrected chi connectivity index (χ2v) is 5.04. The van der Waals surface area contributed by atoms with Crippen LogP contribution in [0.4, 0.5) is 5.69 Å². The lowest BCUT2D eigenvalue weighted by Crippen LogP contribution is -2.41. The Hall–Kier alpha value is -1.96. The molecule has 1 aromatic rings. The molecule has 0 saturated carbocycles. The van der Waals surface area contributed by atoms with Gasteiger partial charge >= 0.3 is 0 Å². The SMILES string of the molecule is NCC(=O)Nc1ccc(C(=O)NCCN2CCOCC2)cc1. The number of nitrogens with one attached hydrogen (secondary N) is 2. The lowest BCUT2D eigenvalue weighted by Gasteiger charge is -2.26. The number of rotatable bonds is 6. The highest BCUT2D eigenvalue weighted by Gasteiger charge is 2.11. The quantitative estimate of drug-likeness (QED) is 0.667. The molecule has 1 saturated heterocycles. The van der Waals surface area contributed by atoms with Crippen LogP contribution >= 0.6 is 0 Å². The molecule has 7 heteroatoms. The van der Waals surface area contributed by atoms with Gasteiger partial charge in [-0.15, -0.1) is 0 Å². The van der Waals surface area contributed by atoms with Gasteiger partial charge in [0.2, 0.25) is 5.91 Å². The molecule has 120 valence electrons. The number of benzene rings is 1. The molecule has 0 bridgehead atoms. The topological polar surface area (TPSA) is 96.7 Å². The zero-order valence-electron chi connectivity index (χ0n) is 12.5. The van der Waals surface area contributed by atoms with E-state index in [2.05, 4.69) is 15.5 Å². The Bertz CT molecular complexity index is 498. The minimum atomic E-state index is -0.261. The summed E-state index contributed by atoms with van der Waals surface area (Å²) in [6.07, 6.45) is 0. The third kappa shape index (κ3) is 5.10. The molecule has 1 aliphatic rings. The van der Waals surface area contributed by atoms with E-state index in [-0.39, 0.29) is 18.4 Å². The number of nitrogens with two attached hydrogens (primary N) is 1. The van der Waals surface area contributed by atoms with Crippen LogP contribution in [-0.2, 0) is 9.53 Å². The normalized spacial score (nSPS) is 15.3. The zero-order chi connectivity index (χ0) is 15.8. The first kappa shape index (κ1) is 16.4. The van der Waals surface area contributed by atoms with Crippen molar-refractivity contribution in [3.8, 4) is 0 Å². The second kappa shape index (κ2) is 8.47. The second-order valence-electron chi connectivity index (χ2n) is 5.04. The molecule has 2 amide bonds. The molecule has 1 fully saturated rings. The summed E-state index contributed by atoms with van der Waals surface area (Å²) in [4.78, 5) is 25.4. The van der Waals surface area contributed by atoms with E-state index in [1.165, 1.54) is 0 Å². The van der Waals surface area contributed by atoms with Crippen LogP contribution in [-0.4, -0.2) is 62.7 Å². The van der Waals surface area contributed by atoms with Gasteiger partial charge in [-0.05, 0) is 24.3 Å². The molecular formula is C15H22N4O3. The van der Waals surface area contributed by atoms with Crippen LogP contribution in [0.1, 0.15) is 10.4 Å². The smallest absolute Gasteiger partial charge is 0.251 e. The Morgan fingerprint density at radius 1 is 1.18 bits per heavy atom. The lowest BCUT2D eigenvalue weighted by molar-refractivity contribution is -0.114. The predicted molar refractivity (Wildman–Crippen MR) is 83.7 cm³/mol. The van der Waals surface area contributed by atoms with Gasteiger partial charge < -0.3 is 21.1 Å². The minimum absolute atomic E-state index is 0.0657. The number of carbonyl (C=O) groups excluding carboxylic acids is 2. The summed E-state index contributed by atoms with van der Waals surface area (Å²) in [6, 6.07) is 6.72. The van der Waals surface area contributed by atoms with Crippen LogP contribution in [0.25, 0.3) is 0 Å². The maximum atomic E-state index is 12.0. The van der Waals surface area contributed by atoms with Crippen molar-refractivity contribution in [1.82, 2.24) is 10.2 Å². The van der Waals surface area contributed by atoms with Gasteiger partial charge in [0.1, 0.15) is 0 Å². The highest BCUT2D eigenvalue weighted by Crippen LogP contribution is 2.09. The average Bonchev–Trinajstić information content (AvgIpc) is 2.56. The molecule has 0 atom stereocenters. The monoisotopic (exact) mass is 306 g/mol. The zero-order valence-corrected chi connectivity index (χ0v) is 12.5. The van der Waals surface area contributed by atoms with Crippen molar-refractivity contribution in [3.63, 3.8) is 0 Å². The largest absolute Gasteiger partial charge is 0.379 e. The van der Waals surface area contributed by atoms with E-state index in [1.807, 2.05) is 0 Å². The van der Waals surface area contributed by atoms with Gasteiger partial charge in [0, 0.05) is 37.4 Å². The number of hydrogen-bond donors (Lipinski definition) is 3. The Kier molecular flexibility index (Phi) is 6.32. The fourth-order valence-electron chi connectivity index (χ4n) is 2.17. The van der Waals surface area contributed by atoms with E-state index >= 15 is 0 Å². The van der Waals surface area contributed by atoms with Crippen LogP contribution in [0.5, 0.6) is 0 Å². The first-order valence-electron chi connectivity index (χ1n) is 7.37. The molecule has 0 aromatic heterocycles. The summed E-state index contributed by atoms with van der Waals surface area (Å²) in [5.74, 6) is -0.382. The highest BCUT2D eigenvalue weighted by molar-refractivity contribution is 5.96. The number of anilines is 1. The first-order chi connectivity index (χ1) is 10.7. The number of ether oxygens (including phenoxy) is 1. The molecular weight excluding hydrogens is 284 g/mol. The van der Waals surface area contributed by atoms with Gasteiger partial charge in [-0.3, -0.25) is 14.5 Å². The van der Waals surface area contributed by atoms with E-state index in [0.29, 0.717) is 17.8 Å². The molecule has 0 aliphatic carbocycles. The number of nitrogens with zero attached hydrogens (tertiary/aromatic N) is 1. The molecule has 0 radical (unpaired) electrons. The van der Waals surface area contributed by atoms with Crippen LogP contribution in [0.3, 0.4) is 0 Å². The van der Waals surface area contributed by atoms with Gasteiger partial charge in [-0.25, -0.2) is 0 Å². The highest BCUT2D eigenvalue weighted by atomic mass is 16.5. The van der Waals surface area contributed by atoms with Crippen molar-refractivity contribution in [2.45, 2.75) is 0 Å². The molecule has 4 N–H and O–H groups in total. The fourth-order valence-corrected chi connectivity index (χ4v) is 2.17. The summed E-state index contributed by atoms with van der Waals surface area (Å²) in [7, 11) is 0. The van der Waals surface area contributed by atoms with E-state index in [0.717, 1.165) is 32.8 Å². The minimum Gasteiger partial charge on any atom is -0.379 e. The Morgan fingerprint density at radius 2 is 1.86 bits per heavy atom. The van der Waals surface area contributed by atoms with E-state index in [4.69, 9.17) is 10.5 Å². The third-order valence-corrected chi connectivity index (χ3v) is 3.43. The number of amides is 2. The molecule has 7 nitrogen and oxygen atoms in total. The summed E-state index contributed by atoms with van der Waals surface area (Å²) in [6.45, 7) is 4.68. The molecule has 1 heterocycles. The maximum Gasteiger partial charge on any atom is 0.251 e. The molecule has 0 spiro atoms. The third-order valence-electron chi connectivity index (χ3n) is 3.43. The standard InChI is InChI=1S/C15H22N4O3/c16-11-14(20)18-13-3-1-12(2-4-13)15(21)17-5-6-19-7-9-22-10-8-19/h1-4H,5-11,16H2,(H,17,21)(H,18,20). The van der Waals surface area contributed by atoms with Gasteiger partial charge in [-0.1, -0.05) is 0 Å². The van der Waals surface area contributed by atoms with Crippen molar-refractivity contribution in [1.29, 1.82) is 0 Å². The van der Waals surface area contributed by atoms with E-state index in [1.54, 1.807) is 24.3 Å². The summed E-state index contributed by atoms with van der Waals surface area (Å²) in [5.41, 5.74) is 6.41. The van der Waals surface area contributed by atoms with Crippen molar-refractivity contribution in [3.05, 3.63) is 29.8 Å². The number of hydrogen-bond acceptors (Lipinski definition) is 5. The van der Waals surface area contributed by atoms with Crippen molar-refractivity contribution >= 4 is 17.5 Å². The maximum absolute atomic E-state index is 12.0. The molecule has 22 heavy (non-hydrogen) atoms. The van der Waals surface area contributed by atoms with Crippen molar-refractivity contribution < 1.29 is 14.3 Å². The summed E-state index contributed by atoms with van der Waals surface area (Å²) in [5, 5.41) is 5.52. The van der Waals surface area contributed by atoms with Gasteiger partial charge in [0.15, 0.2) is 0 Å². The van der Waals surface area contributed by atoms with Crippen LogP contribution in [0, 0.1) is 0 Å². The molecule has 0 unspecified atom stereocenters. The molecule has 1 aromatic carbocycles. The molecule has 1 aliphatic heterocycles. The van der Waals surface area contributed by atoms with Gasteiger partial charge in [-0.2, -0.15) is 0 Å².